The average Bonchev–Trinajstić information content (AvgIpc) is 2.36. The van der Waals surface area contributed by atoms with E-state index in [0.29, 0.717) is 13.2 Å². The van der Waals surface area contributed by atoms with Crippen molar-refractivity contribution >= 4 is 11.8 Å². The van der Waals surface area contributed by atoms with E-state index in [2.05, 4.69) is 22.9 Å². The van der Waals surface area contributed by atoms with Gasteiger partial charge in [-0.1, -0.05) is 13.3 Å². The number of ether oxygens (including phenoxy) is 1. The second-order valence-corrected chi connectivity index (χ2v) is 4.64. The monoisotopic (exact) mass is 273 g/mol. The number of hydrogen-bond acceptors (Lipinski definition) is 4. The van der Waals surface area contributed by atoms with Crippen molar-refractivity contribution in [2.75, 3.05) is 26.8 Å². The highest BCUT2D eigenvalue weighted by atomic mass is 16.5. The zero-order chi connectivity index (χ0) is 14.7. The Bertz CT molecular complexity index is 272. The van der Waals surface area contributed by atoms with Crippen LogP contribution in [-0.2, 0) is 14.3 Å². The fraction of sp³-hybridized carbons (Fsp3) is 0.846. The molecule has 112 valence electrons. The van der Waals surface area contributed by atoms with E-state index in [0.717, 1.165) is 12.8 Å². The lowest BCUT2D eigenvalue weighted by Gasteiger charge is -2.16. The lowest BCUT2D eigenvalue weighted by atomic mass is 10.2. The van der Waals surface area contributed by atoms with E-state index < -0.39 is 6.04 Å². The molecule has 0 aliphatic rings. The molecule has 0 aromatic rings. The number of amides is 2. The van der Waals surface area contributed by atoms with Gasteiger partial charge >= 0.3 is 0 Å². The van der Waals surface area contributed by atoms with Crippen molar-refractivity contribution < 1.29 is 14.3 Å². The quantitative estimate of drug-likeness (QED) is 0.491. The molecule has 2 amide bonds. The van der Waals surface area contributed by atoms with Gasteiger partial charge in [0, 0.05) is 19.7 Å². The van der Waals surface area contributed by atoms with Crippen LogP contribution >= 0.6 is 0 Å². The second kappa shape index (κ2) is 10.8. The largest absolute Gasteiger partial charge is 0.383 e. The number of rotatable bonds is 10. The van der Waals surface area contributed by atoms with Gasteiger partial charge in [0.25, 0.3) is 0 Å². The standard InChI is InChI=1S/C13H27N3O3/c1-5-6-10(2)16-12(17)9-15-11(3)13(18)14-7-8-19-4/h10-11,15H,5-9H2,1-4H3,(H,14,18)(H,16,17). The van der Waals surface area contributed by atoms with E-state index in [1.165, 1.54) is 0 Å². The third kappa shape index (κ3) is 9.44. The van der Waals surface area contributed by atoms with E-state index in [1.54, 1.807) is 14.0 Å². The predicted molar refractivity (Wildman–Crippen MR) is 74.9 cm³/mol. The summed E-state index contributed by atoms with van der Waals surface area (Å²) in [5, 5.41) is 8.48. The Labute approximate surface area is 115 Å². The van der Waals surface area contributed by atoms with Crippen LogP contribution in [0.25, 0.3) is 0 Å². The minimum atomic E-state index is -0.399. The first-order valence-electron chi connectivity index (χ1n) is 6.80. The van der Waals surface area contributed by atoms with Gasteiger partial charge in [0.1, 0.15) is 0 Å². The molecule has 2 unspecified atom stereocenters. The van der Waals surface area contributed by atoms with Crippen LogP contribution in [-0.4, -0.2) is 50.7 Å². The molecule has 2 atom stereocenters. The summed E-state index contributed by atoms with van der Waals surface area (Å²) < 4.78 is 4.84. The highest BCUT2D eigenvalue weighted by molar-refractivity contribution is 5.83. The smallest absolute Gasteiger partial charge is 0.236 e. The fourth-order valence-electron chi connectivity index (χ4n) is 1.60. The summed E-state index contributed by atoms with van der Waals surface area (Å²) >= 11 is 0. The molecule has 0 rings (SSSR count). The Morgan fingerprint density at radius 3 is 2.53 bits per heavy atom. The van der Waals surface area contributed by atoms with E-state index in [9.17, 15) is 9.59 Å². The highest BCUT2D eigenvalue weighted by Gasteiger charge is 2.13. The van der Waals surface area contributed by atoms with Gasteiger partial charge in [-0.05, 0) is 20.3 Å². The molecular weight excluding hydrogens is 246 g/mol. The Morgan fingerprint density at radius 2 is 1.95 bits per heavy atom. The zero-order valence-electron chi connectivity index (χ0n) is 12.4. The van der Waals surface area contributed by atoms with Crippen LogP contribution in [0.4, 0.5) is 0 Å². The molecule has 0 radical (unpaired) electrons. The van der Waals surface area contributed by atoms with Crippen molar-refractivity contribution in [1.29, 1.82) is 0 Å². The van der Waals surface area contributed by atoms with Crippen molar-refractivity contribution in [2.45, 2.75) is 45.7 Å². The van der Waals surface area contributed by atoms with Crippen LogP contribution in [0.5, 0.6) is 0 Å². The van der Waals surface area contributed by atoms with E-state index in [1.807, 2.05) is 6.92 Å². The van der Waals surface area contributed by atoms with Crippen molar-refractivity contribution in [3.05, 3.63) is 0 Å². The van der Waals surface area contributed by atoms with Gasteiger partial charge in [-0.2, -0.15) is 0 Å². The maximum Gasteiger partial charge on any atom is 0.236 e. The molecule has 0 aliphatic heterocycles. The Balaban J connectivity index is 3.79. The Hall–Kier alpha value is -1.14. The third-order valence-electron chi connectivity index (χ3n) is 2.70. The SMILES string of the molecule is CCCC(C)NC(=O)CNC(C)C(=O)NCCOC. The minimum absolute atomic E-state index is 0.0857. The highest BCUT2D eigenvalue weighted by Crippen LogP contribution is 1.94. The molecule has 0 saturated heterocycles. The maximum absolute atomic E-state index is 11.6. The number of methoxy groups -OCH3 is 1. The number of carbonyl (C=O) groups is 2. The summed E-state index contributed by atoms with van der Waals surface area (Å²) in [4.78, 5) is 23.2. The molecule has 0 bridgehead atoms. The molecule has 6 heteroatoms. The maximum atomic E-state index is 11.6. The molecule has 0 saturated carbocycles. The third-order valence-corrected chi connectivity index (χ3v) is 2.70. The van der Waals surface area contributed by atoms with Gasteiger partial charge in [0.15, 0.2) is 0 Å². The van der Waals surface area contributed by atoms with E-state index in [-0.39, 0.29) is 24.4 Å². The first-order chi connectivity index (χ1) is 9.01. The molecule has 6 nitrogen and oxygen atoms in total. The van der Waals surface area contributed by atoms with Gasteiger partial charge in [0.2, 0.25) is 11.8 Å². The van der Waals surface area contributed by atoms with Crippen LogP contribution in [0, 0.1) is 0 Å². The molecule has 0 aliphatic carbocycles. The normalized spacial score (nSPS) is 13.7. The number of carbonyl (C=O) groups excluding carboxylic acids is 2. The van der Waals surface area contributed by atoms with Crippen molar-refractivity contribution in [1.82, 2.24) is 16.0 Å². The molecular formula is C13H27N3O3. The minimum Gasteiger partial charge on any atom is -0.383 e. The lowest BCUT2D eigenvalue weighted by molar-refractivity contribution is -0.123. The summed E-state index contributed by atoms with van der Waals surface area (Å²) in [5.74, 6) is -0.219. The van der Waals surface area contributed by atoms with Gasteiger partial charge in [-0.25, -0.2) is 0 Å². The lowest BCUT2D eigenvalue weighted by Crippen LogP contribution is -2.47. The first kappa shape index (κ1) is 17.9. The zero-order valence-corrected chi connectivity index (χ0v) is 12.4. The Morgan fingerprint density at radius 1 is 1.26 bits per heavy atom. The van der Waals surface area contributed by atoms with Crippen LogP contribution in [0.3, 0.4) is 0 Å². The van der Waals surface area contributed by atoms with Gasteiger partial charge in [-0.15, -0.1) is 0 Å². The first-order valence-corrected chi connectivity index (χ1v) is 6.80. The number of nitrogens with one attached hydrogen (secondary N) is 3. The molecule has 0 fully saturated rings. The molecule has 0 spiro atoms. The van der Waals surface area contributed by atoms with Crippen LogP contribution in [0.1, 0.15) is 33.6 Å². The average molecular weight is 273 g/mol. The summed E-state index contributed by atoms with van der Waals surface area (Å²) in [6, 6.07) is -0.228. The molecule has 0 aromatic heterocycles. The summed E-state index contributed by atoms with van der Waals surface area (Å²) in [6.07, 6.45) is 1.99. The summed E-state index contributed by atoms with van der Waals surface area (Å²) in [5.41, 5.74) is 0. The Kier molecular flexibility index (Phi) is 10.1. The second-order valence-electron chi connectivity index (χ2n) is 4.64. The van der Waals surface area contributed by atoms with Gasteiger partial charge in [0.05, 0.1) is 19.2 Å². The molecule has 3 N–H and O–H groups in total. The predicted octanol–water partition coefficient (Wildman–Crippen LogP) is 0.0319. The van der Waals surface area contributed by atoms with Crippen molar-refractivity contribution in [3.63, 3.8) is 0 Å². The van der Waals surface area contributed by atoms with Crippen LogP contribution < -0.4 is 16.0 Å². The van der Waals surface area contributed by atoms with Crippen LogP contribution in [0.2, 0.25) is 0 Å². The van der Waals surface area contributed by atoms with Crippen LogP contribution in [0.15, 0.2) is 0 Å². The van der Waals surface area contributed by atoms with Gasteiger partial charge in [-0.3, -0.25) is 14.9 Å². The topological polar surface area (TPSA) is 79.5 Å². The van der Waals surface area contributed by atoms with Crippen molar-refractivity contribution in [3.8, 4) is 0 Å². The van der Waals surface area contributed by atoms with Crippen molar-refractivity contribution in [2.24, 2.45) is 0 Å². The van der Waals surface area contributed by atoms with Gasteiger partial charge < -0.3 is 15.4 Å². The van der Waals surface area contributed by atoms with E-state index in [4.69, 9.17) is 4.74 Å². The summed E-state index contributed by atoms with van der Waals surface area (Å²) in [7, 11) is 1.58. The molecule has 0 aromatic carbocycles. The number of hydrogen-bond donors (Lipinski definition) is 3. The molecule has 19 heavy (non-hydrogen) atoms. The fourth-order valence-corrected chi connectivity index (χ4v) is 1.60. The van der Waals surface area contributed by atoms with E-state index >= 15 is 0 Å². The molecule has 0 heterocycles. The summed E-state index contributed by atoms with van der Waals surface area (Å²) in [6.45, 7) is 6.88.